The van der Waals surface area contributed by atoms with E-state index in [1.807, 2.05) is 0 Å². The highest BCUT2D eigenvalue weighted by Gasteiger charge is 2.28. The first-order chi connectivity index (χ1) is 9.74. The Morgan fingerprint density at radius 2 is 2.00 bits per heavy atom. The van der Waals surface area contributed by atoms with Crippen molar-refractivity contribution in [3.63, 3.8) is 0 Å². The van der Waals surface area contributed by atoms with Crippen molar-refractivity contribution < 1.29 is 13.2 Å². The molecule has 1 atom stereocenters. The van der Waals surface area contributed by atoms with E-state index in [9.17, 15) is 13.2 Å². The fourth-order valence-corrected chi connectivity index (χ4v) is 3.99. The van der Waals surface area contributed by atoms with Crippen LogP contribution in [0.3, 0.4) is 0 Å². The Labute approximate surface area is 146 Å². The standard InChI is InChI=1S/C13H16Cl2N2O3S.ClH/c1-21(19,20)12-4-9(10(14)5-11(12)15)13(18)17-3-2-8(6-16)7-17;/h4-5,8H,2-3,6-7,16H2,1H3;1H. The van der Waals surface area contributed by atoms with E-state index in [0.717, 1.165) is 12.7 Å². The Bertz CT molecular complexity index is 679. The van der Waals surface area contributed by atoms with Crippen LogP contribution in [0.15, 0.2) is 17.0 Å². The molecule has 0 saturated carbocycles. The average Bonchev–Trinajstić information content (AvgIpc) is 2.85. The molecule has 0 aromatic heterocycles. The Kier molecular flexibility index (Phi) is 6.53. The highest BCUT2D eigenvalue weighted by Crippen LogP contribution is 2.30. The Hall–Kier alpha value is -0.530. The van der Waals surface area contributed by atoms with Gasteiger partial charge in [-0.1, -0.05) is 23.2 Å². The zero-order valence-electron chi connectivity index (χ0n) is 11.9. The summed E-state index contributed by atoms with van der Waals surface area (Å²) in [6.45, 7) is 1.67. The number of hydrogen-bond acceptors (Lipinski definition) is 4. The molecule has 0 aliphatic carbocycles. The molecule has 1 aromatic rings. The second-order valence-corrected chi connectivity index (χ2v) is 7.97. The minimum Gasteiger partial charge on any atom is -0.338 e. The topological polar surface area (TPSA) is 80.5 Å². The zero-order valence-corrected chi connectivity index (χ0v) is 15.0. The van der Waals surface area contributed by atoms with Crippen molar-refractivity contribution in [1.29, 1.82) is 0 Å². The molecule has 5 nitrogen and oxygen atoms in total. The van der Waals surface area contributed by atoms with Crippen LogP contribution in [0.1, 0.15) is 16.8 Å². The van der Waals surface area contributed by atoms with Crippen LogP contribution in [-0.2, 0) is 9.84 Å². The summed E-state index contributed by atoms with van der Waals surface area (Å²) in [4.78, 5) is 14.0. The third kappa shape index (κ3) is 4.06. The number of sulfone groups is 1. The van der Waals surface area contributed by atoms with Crippen molar-refractivity contribution >= 4 is 51.4 Å². The van der Waals surface area contributed by atoms with E-state index in [1.165, 1.54) is 12.1 Å². The lowest BCUT2D eigenvalue weighted by molar-refractivity contribution is 0.0787. The van der Waals surface area contributed by atoms with Crippen molar-refractivity contribution in [2.45, 2.75) is 11.3 Å². The summed E-state index contributed by atoms with van der Waals surface area (Å²) < 4.78 is 23.4. The highest BCUT2D eigenvalue weighted by atomic mass is 35.5. The summed E-state index contributed by atoms with van der Waals surface area (Å²) >= 11 is 11.9. The van der Waals surface area contributed by atoms with Crippen LogP contribution in [0, 0.1) is 5.92 Å². The Balaban J connectivity index is 0.00000242. The molecule has 1 fully saturated rings. The molecule has 1 amide bonds. The maximum atomic E-state index is 12.5. The van der Waals surface area contributed by atoms with Gasteiger partial charge in [0.05, 0.1) is 20.5 Å². The molecule has 9 heteroatoms. The fourth-order valence-electron chi connectivity index (χ4n) is 2.36. The van der Waals surface area contributed by atoms with Gasteiger partial charge >= 0.3 is 0 Å². The summed E-state index contributed by atoms with van der Waals surface area (Å²) in [5, 5.41) is 0.161. The molecular formula is C13H17Cl3N2O3S. The monoisotopic (exact) mass is 386 g/mol. The normalized spacial score (nSPS) is 18.2. The largest absolute Gasteiger partial charge is 0.338 e. The van der Waals surface area contributed by atoms with Crippen LogP contribution >= 0.6 is 35.6 Å². The molecule has 0 spiro atoms. The number of hydrogen-bond donors (Lipinski definition) is 1. The molecule has 0 radical (unpaired) electrons. The quantitative estimate of drug-likeness (QED) is 0.862. The first kappa shape index (κ1) is 19.5. The first-order valence-corrected chi connectivity index (χ1v) is 9.07. The van der Waals surface area contributed by atoms with Crippen LogP contribution < -0.4 is 5.73 Å². The average molecular weight is 388 g/mol. The molecule has 124 valence electrons. The number of amides is 1. The molecule has 22 heavy (non-hydrogen) atoms. The van der Waals surface area contributed by atoms with Gasteiger partial charge in [-0.15, -0.1) is 12.4 Å². The molecule has 1 heterocycles. The lowest BCUT2D eigenvalue weighted by atomic mass is 10.1. The molecule has 2 rings (SSSR count). The number of rotatable bonds is 3. The molecule has 1 unspecified atom stereocenters. The minimum absolute atomic E-state index is 0. The van der Waals surface area contributed by atoms with E-state index in [1.54, 1.807) is 4.90 Å². The van der Waals surface area contributed by atoms with Gasteiger partial charge in [0, 0.05) is 19.3 Å². The van der Waals surface area contributed by atoms with E-state index >= 15 is 0 Å². The second kappa shape index (κ2) is 7.36. The number of halogens is 3. The van der Waals surface area contributed by atoms with Gasteiger partial charge in [0.1, 0.15) is 0 Å². The lowest BCUT2D eigenvalue weighted by Gasteiger charge is -2.18. The Morgan fingerprint density at radius 3 is 2.50 bits per heavy atom. The number of likely N-dealkylation sites (tertiary alicyclic amines) is 1. The van der Waals surface area contributed by atoms with E-state index in [-0.39, 0.29) is 44.7 Å². The van der Waals surface area contributed by atoms with Crippen LogP contribution in [-0.4, -0.2) is 45.1 Å². The fraction of sp³-hybridized carbons (Fsp3) is 0.462. The number of benzene rings is 1. The number of carbonyl (C=O) groups is 1. The van der Waals surface area contributed by atoms with Crippen molar-refractivity contribution in [3.8, 4) is 0 Å². The van der Waals surface area contributed by atoms with Crippen molar-refractivity contribution in [1.82, 2.24) is 4.90 Å². The molecule has 1 aliphatic heterocycles. The summed E-state index contributed by atoms with van der Waals surface area (Å²) in [5.41, 5.74) is 5.76. The highest BCUT2D eigenvalue weighted by molar-refractivity contribution is 7.90. The maximum absolute atomic E-state index is 12.5. The van der Waals surface area contributed by atoms with Crippen molar-refractivity contribution in [2.24, 2.45) is 11.7 Å². The van der Waals surface area contributed by atoms with Gasteiger partial charge in [-0.25, -0.2) is 8.42 Å². The summed E-state index contributed by atoms with van der Waals surface area (Å²) in [6.07, 6.45) is 1.88. The van der Waals surface area contributed by atoms with Gasteiger partial charge < -0.3 is 10.6 Å². The van der Waals surface area contributed by atoms with Crippen LogP contribution in [0.5, 0.6) is 0 Å². The van der Waals surface area contributed by atoms with E-state index in [2.05, 4.69) is 0 Å². The summed E-state index contributed by atoms with van der Waals surface area (Å²) in [5.74, 6) is -0.0214. The van der Waals surface area contributed by atoms with E-state index < -0.39 is 9.84 Å². The first-order valence-electron chi connectivity index (χ1n) is 6.42. The molecule has 0 bridgehead atoms. The summed E-state index contributed by atoms with van der Waals surface area (Å²) in [6, 6.07) is 2.54. The predicted molar refractivity (Wildman–Crippen MR) is 89.9 cm³/mol. The smallest absolute Gasteiger partial charge is 0.255 e. The second-order valence-electron chi connectivity index (χ2n) is 5.18. The molecular weight excluding hydrogens is 371 g/mol. The van der Waals surface area contributed by atoms with E-state index in [0.29, 0.717) is 19.6 Å². The van der Waals surface area contributed by atoms with Crippen LogP contribution in [0.25, 0.3) is 0 Å². The molecule has 1 aromatic carbocycles. The predicted octanol–water partition coefficient (Wildman–Crippen LogP) is 2.24. The Morgan fingerprint density at radius 1 is 1.36 bits per heavy atom. The van der Waals surface area contributed by atoms with Gasteiger partial charge in [-0.3, -0.25) is 4.79 Å². The van der Waals surface area contributed by atoms with Gasteiger partial charge in [-0.05, 0) is 31.0 Å². The lowest BCUT2D eigenvalue weighted by Crippen LogP contribution is -2.30. The molecule has 1 aliphatic rings. The number of carbonyl (C=O) groups excluding carboxylic acids is 1. The van der Waals surface area contributed by atoms with Gasteiger partial charge in [0.25, 0.3) is 5.91 Å². The summed E-state index contributed by atoms with van der Waals surface area (Å²) in [7, 11) is -3.53. The minimum atomic E-state index is -3.53. The van der Waals surface area contributed by atoms with Gasteiger partial charge in [0.2, 0.25) is 0 Å². The third-order valence-electron chi connectivity index (χ3n) is 3.56. The molecule has 1 saturated heterocycles. The van der Waals surface area contributed by atoms with Crippen molar-refractivity contribution in [3.05, 3.63) is 27.7 Å². The zero-order chi connectivity index (χ0) is 15.8. The van der Waals surface area contributed by atoms with Crippen molar-refractivity contribution in [2.75, 3.05) is 25.9 Å². The maximum Gasteiger partial charge on any atom is 0.255 e. The van der Waals surface area contributed by atoms with Crippen LogP contribution in [0.2, 0.25) is 10.0 Å². The van der Waals surface area contributed by atoms with Gasteiger partial charge in [-0.2, -0.15) is 0 Å². The third-order valence-corrected chi connectivity index (χ3v) is 5.43. The van der Waals surface area contributed by atoms with Crippen LogP contribution in [0.4, 0.5) is 0 Å². The van der Waals surface area contributed by atoms with E-state index in [4.69, 9.17) is 28.9 Å². The van der Waals surface area contributed by atoms with Gasteiger partial charge in [0.15, 0.2) is 9.84 Å². The molecule has 2 N–H and O–H groups in total. The number of nitrogens with two attached hydrogens (primary N) is 1. The number of nitrogens with zero attached hydrogens (tertiary/aromatic N) is 1. The SMILES string of the molecule is CS(=O)(=O)c1cc(C(=O)N2CCC(CN)C2)c(Cl)cc1Cl.Cl.